The van der Waals surface area contributed by atoms with Crippen LogP contribution in [-0.4, -0.2) is 31.0 Å². The van der Waals surface area contributed by atoms with Crippen molar-refractivity contribution in [3.05, 3.63) is 114 Å². The van der Waals surface area contributed by atoms with E-state index in [9.17, 15) is 9.90 Å². The molecule has 1 atom stereocenters. The van der Waals surface area contributed by atoms with Crippen molar-refractivity contribution in [2.75, 3.05) is 6.61 Å². The highest BCUT2D eigenvalue weighted by atomic mass is 28.4. The molecule has 1 aliphatic rings. The summed E-state index contributed by atoms with van der Waals surface area (Å²) in [6, 6.07) is 32.9. The molecule has 5 rings (SSSR count). The number of hydrogen-bond acceptors (Lipinski definition) is 4. The van der Waals surface area contributed by atoms with Crippen molar-refractivity contribution < 1.29 is 14.3 Å². The maximum atomic E-state index is 11.8. The highest BCUT2D eigenvalue weighted by Gasteiger charge is 2.50. The summed E-state index contributed by atoms with van der Waals surface area (Å²) in [6.07, 6.45) is 0.755. The fourth-order valence-corrected chi connectivity index (χ4v) is 10.3. The second-order valence-electron chi connectivity index (χ2n) is 10.8. The van der Waals surface area contributed by atoms with Crippen molar-refractivity contribution in [2.24, 2.45) is 0 Å². The Morgan fingerprint density at radius 2 is 1.50 bits per heavy atom. The molecule has 6 heteroatoms. The van der Waals surface area contributed by atoms with Crippen LogP contribution in [0.2, 0.25) is 5.04 Å². The molecule has 38 heavy (non-hydrogen) atoms. The molecule has 4 aromatic rings. The standard InChI is InChI=1S/C32H34N2O3Si/c1-32(2,3)38(25-15-9-5-10-16-25,26-17-11-6-12-18-26)37-20-19-27-29-24(22-33-27)21-28(31(35)36)34-30(29)23-13-7-4-8-14-23/h4-18,21,27,33H,19-20,22H2,1-3H3,(H,35,36)/t27-/m1/s1. The Morgan fingerprint density at radius 1 is 0.947 bits per heavy atom. The minimum atomic E-state index is -2.64. The molecular weight excluding hydrogens is 488 g/mol. The van der Waals surface area contributed by atoms with E-state index < -0.39 is 14.3 Å². The maximum Gasteiger partial charge on any atom is 0.354 e. The van der Waals surface area contributed by atoms with Crippen molar-refractivity contribution in [1.29, 1.82) is 0 Å². The molecule has 0 saturated carbocycles. The van der Waals surface area contributed by atoms with Gasteiger partial charge in [0, 0.05) is 24.8 Å². The molecule has 0 radical (unpaired) electrons. The summed E-state index contributed by atoms with van der Waals surface area (Å²) in [7, 11) is -2.64. The zero-order valence-electron chi connectivity index (χ0n) is 22.1. The first kappa shape index (κ1) is 26.0. The van der Waals surface area contributed by atoms with Gasteiger partial charge < -0.3 is 14.8 Å². The normalized spacial score (nSPS) is 15.3. The van der Waals surface area contributed by atoms with Crippen molar-refractivity contribution in [3.8, 4) is 11.3 Å². The van der Waals surface area contributed by atoms with Gasteiger partial charge in [0.1, 0.15) is 5.69 Å². The van der Waals surface area contributed by atoms with Crippen molar-refractivity contribution in [3.63, 3.8) is 0 Å². The quantitative estimate of drug-likeness (QED) is 0.297. The van der Waals surface area contributed by atoms with Crippen LogP contribution in [0.3, 0.4) is 0 Å². The lowest BCUT2D eigenvalue weighted by Crippen LogP contribution is -2.66. The summed E-state index contributed by atoms with van der Waals surface area (Å²) in [5, 5.41) is 15.7. The molecule has 2 heterocycles. The third-order valence-corrected chi connectivity index (χ3v) is 12.5. The van der Waals surface area contributed by atoms with Crippen LogP contribution in [0.5, 0.6) is 0 Å². The van der Waals surface area contributed by atoms with Crippen LogP contribution >= 0.6 is 0 Å². The molecule has 0 aliphatic carbocycles. The van der Waals surface area contributed by atoms with Crippen molar-refractivity contribution >= 4 is 24.7 Å². The average Bonchev–Trinajstić information content (AvgIpc) is 3.34. The molecule has 5 nitrogen and oxygen atoms in total. The van der Waals surface area contributed by atoms with Crippen molar-refractivity contribution in [2.45, 2.75) is 44.8 Å². The molecule has 3 aromatic carbocycles. The summed E-state index contributed by atoms with van der Waals surface area (Å²) in [6.45, 7) is 8.04. The van der Waals surface area contributed by atoms with Gasteiger partial charge in [0.05, 0.1) is 5.69 Å². The van der Waals surface area contributed by atoms with Gasteiger partial charge in [-0.3, -0.25) is 0 Å². The van der Waals surface area contributed by atoms with Gasteiger partial charge in [-0.05, 0) is 39.0 Å². The Bertz CT molecular complexity index is 1360. The molecule has 0 unspecified atom stereocenters. The first-order valence-corrected chi connectivity index (χ1v) is 15.0. The average molecular weight is 523 g/mol. The van der Waals surface area contributed by atoms with Crippen LogP contribution < -0.4 is 15.7 Å². The number of carboxylic acid groups (broad SMARTS) is 1. The SMILES string of the molecule is CC(C)(C)[Si](OCC[C@H]1NCc2cc(C(=O)O)nc(-c3ccccc3)c21)(c1ccccc1)c1ccccc1. The van der Waals surface area contributed by atoms with E-state index >= 15 is 0 Å². The number of fused-ring (bicyclic) bond motifs is 1. The zero-order chi connectivity index (χ0) is 26.8. The summed E-state index contributed by atoms with van der Waals surface area (Å²) in [4.78, 5) is 16.4. The third kappa shape index (κ3) is 4.83. The first-order valence-electron chi connectivity index (χ1n) is 13.1. The molecule has 1 aromatic heterocycles. The van der Waals surface area contributed by atoms with Gasteiger partial charge in [-0.25, -0.2) is 9.78 Å². The third-order valence-electron chi connectivity index (χ3n) is 7.44. The largest absolute Gasteiger partial charge is 0.477 e. The fourth-order valence-electron chi connectivity index (χ4n) is 5.74. The number of benzene rings is 3. The number of rotatable bonds is 8. The second-order valence-corrected chi connectivity index (χ2v) is 15.1. The molecule has 0 saturated heterocycles. The van der Waals surface area contributed by atoms with Gasteiger partial charge in [0.15, 0.2) is 0 Å². The Morgan fingerprint density at radius 3 is 2.03 bits per heavy atom. The number of nitrogens with zero attached hydrogens (tertiary/aromatic N) is 1. The molecule has 194 valence electrons. The number of aromatic carboxylic acids is 1. The molecular formula is C32H34N2O3Si. The summed E-state index contributed by atoms with van der Waals surface area (Å²) < 4.78 is 7.14. The van der Waals surface area contributed by atoms with E-state index in [0.717, 1.165) is 28.8 Å². The molecule has 0 bridgehead atoms. The summed E-state index contributed by atoms with van der Waals surface area (Å²) in [5.74, 6) is -1.01. The highest BCUT2D eigenvalue weighted by molar-refractivity contribution is 6.99. The predicted octanol–water partition coefficient (Wildman–Crippen LogP) is 5.56. The van der Waals surface area contributed by atoms with Crippen LogP contribution in [0.4, 0.5) is 0 Å². The lowest BCUT2D eigenvalue weighted by Gasteiger charge is -2.43. The smallest absolute Gasteiger partial charge is 0.354 e. The lowest BCUT2D eigenvalue weighted by atomic mass is 9.96. The van der Waals surface area contributed by atoms with Gasteiger partial charge in [-0.2, -0.15) is 0 Å². The highest BCUT2D eigenvalue weighted by Crippen LogP contribution is 2.39. The number of pyridine rings is 1. The number of aromatic nitrogens is 1. The summed E-state index contributed by atoms with van der Waals surface area (Å²) in [5.41, 5.74) is 3.81. The number of carboxylic acids is 1. The Balaban J connectivity index is 1.49. The molecule has 0 fully saturated rings. The van der Waals surface area contributed by atoms with Crippen LogP contribution in [0.25, 0.3) is 11.3 Å². The van der Waals surface area contributed by atoms with E-state index in [1.54, 1.807) is 6.07 Å². The Labute approximate surface area is 225 Å². The van der Waals surface area contributed by atoms with Gasteiger partial charge in [0.25, 0.3) is 8.32 Å². The van der Waals surface area contributed by atoms with Crippen LogP contribution in [0.1, 0.15) is 54.8 Å². The van der Waals surface area contributed by atoms with E-state index in [4.69, 9.17) is 4.43 Å². The van der Waals surface area contributed by atoms with E-state index in [1.165, 1.54) is 10.4 Å². The fraction of sp³-hybridized carbons (Fsp3) is 0.250. The number of hydrogen-bond donors (Lipinski definition) is 2. The van der Waals surface area contributed by atoms with E-state index in [2.05, 4.69) is 91.7 Å². The Hall–Kier alpha value is -3.58. The van der Waals surface area contributed by atoms with Gasteiger partial charge in [-0.1, -0.05) is 112 Å². The zero-order valence-corrected chi connectivity index (χ0v) is 23.1. The summed E-state index contributed by atoms with van der Waals surface area (Å²) >= 11 is 0. The first-order chi connectivity index (χ1) is 18.3. The van der Waals surface area contributed by atoms with Gasteiger partial charge in [-0.15, -0.1) is 0 Å². The van der Waals surface area contributed by atoms with E-state index in [0.29, 0.717) is 13.2 Å². The number of nitrogens with one attached hydrogen (secondary N) is 1. The van der Waals surface area contributed by atoms with Crippen molar-refractivity contribution in [1.82, 2.24) is 10.3 Å². The monoisotopic (exact) mass is 522 g/mol. The molecule has 2 N–H and O–H groups in total. The van der Waals surface area contributed by atoms with Crippen LogP contribution in [-0.2, 0) is 11.0 Å². The number of carbonyl (C=O) groups is 1. The lowest BCUT2D eigenvalue weighted by molar-refractivity contribution is 0.0690. The predicted molar refractivity (Wildman–Crippen MR) is 154 cm³/mol. The Kier molecular flexibility index (Phi) is 7.30. The molecule has 0 amide bonds. The maximum absolute atomic E-state index is 11.8. The second kappa shape index (κ2) is 10.7. The minimum absolute atomic E-state index is 0.0220. The molecule has 1 aliphatic heterocycles. The van der Waals surface area contributed by atoms with Gasteiger partial charge in [0.2, 0.25) is 0 Å². The van der Waals surface area contributed by atoms with E-state index in [-0.39, 0.29) is 16.8 Å². The molecule has 0 spiro atoms. The minimum Gasteiger partial charge on any atom is -0.477 e. The van der Waals surface area contributed by atoms with Crippen LogP contribution in [0.15, 0.2) is 97.1 Å². The van der Waals surface area contributed by atoms with Crippen LogP contribution in [0, 0.1) is 0 Å². The van der Waals surface area contributed by atoms with Gasteiger partial charge >= 0.3 is 5.97 Å². The topological polar surface area (TPSA) is 71.5 Å². The van der Waals surface area contributed by atoms with E-state index in [1.807, 2.05) is 30.3 Å².